The van der Waals surface area contributed by atoms with Gasteiger partial charge in [-0.1, -0.05) is 19.1 Å². The maximum atomic E-state index is 12.0. The third-order valence-corrected chi connectivity index (χ3v) is 5.13. The zero-order valence-corrected chi connectivity index (χ0v) is 16.6. The second-order valence-corrected chi connectivity index (χ2v) is 7.74. The molecule has 0 atom stereocenters. The van der Waals surface area contributed by atoms with Crippen molar-refractivity contribution in [1.29, 1.82) is 0 Å². The number of ether oxygens (including phenoxy) is 3. The summed E-state index contributed by atoms with van der Waals surface area (Å²) in [5, 5.41) is 0. The normalized spacial score (nSPS) is 11.2. The summed E-state index contributed by atoms with van der Waals surface area (Å²) in [4.78, 5) is 0. The van der Waals surface area contributed by atoms with Crippen molar-refractivity contribution in [3.05, 3.63) is 54.1 Å². The number of sulfonamides is 1. The van der Waals surface area contributed by atoms with E-state index in [4.69, 9.17) is 14.2 Å². The van der Waals surface area contributed by atoms with Gasteiger partial charge < -0.3 is 14.2 Å². The van der Waals surface area contributed by atoms with Gasteiger partial charge in [0.05, 0.1) is 12.4 Å². The molecule has 6 nitrogen and oxygen atoms in total. The standard InChI is InChI=1S/C20H27NO5S/c1-3-17-5-7-19(8-6-17)26-15-16-27(22,23)21-13-14-25-20-11-9-18(10-12-20)24-4-2/h5-12,21H,3-4,13-16H2,1-2H3. The molecule has 0 fully saturated rings. The average molecular weight is 394 g/mol. The van der Waals surface area contributed by atoms with E-state index in [9.17, 15) is 8.42 Å². The molecule has 2 aromatic rings. The van der Waals surface area contributed by atoms with Crippen LogP contribution in [0.4, 0.5) is 0 Å². The van der Waals surface area contributed by atoms with Crippen molar-refractivity contribution in [1.82, 2.24) is 4.72 Å². The molecule has 0 radical (unpaired) electrons. The van der Waals surface area contributed by atoms with Gasteiger partial charge in [-0.2, -0.15) is 0 Å². The smallest absolute Gasteiger partial charge is 0.215 e. The molecule has 1 N–H and O–H groups in total. The van der Waals surface area contributed by atoms with E-state index in [0.717, 1.165) is 12.2 Å². The Bertz CT molecular complexity index is 773. The molecule has 0 heterocycles. The first-order valence-corrected chi connectivity index (χ1v) is 10.7. The Labute approximate surface area is 161 Å². The SMILES string of the molecule is CCOc1ccc(OCCNS(=O)(=O)CCOc2ccc(CC)cc2)cc1. The van der Waals surface area contributed by atoms with Crippen molar-refractivity contribution in [2.75, 3.05) is 32.1 Å². The van der Waals surface area contributed by atoms with E-state index in [1.54, 1.807) is 12.1 Å². The summed E-state index contributed by atoms with van der Waals surface area (Å²) in [6.07, 6.45) is 0.956. The first-order chi connectivity index (χ1) is 13.0. The molecule has 148 valence electrons. The highest BCUT2D eigenvalue weighted by atomic mass is 32.2. The fourth-order valence-electron chi connectivity index (χ4n) is 2.33. The van der Waals surface area contributed by atoms with Crippen molar-refractivity contribution in [3.63, 3.8) is 0 Å². The quantitative estimate of drug-likeness (QED) is 0.561. The van der Waals surface area contributed by atoms with Crippen LogP contribution < -0.4 is 18.9 Å². The van der Waals surface area contributed by atoms with Gasteiger partial charge in [0.1, 0.15) is 30.5 Å². The predicted molar refractivity (Wildman–Crippen MR) is 106 cm³/mol. The van der Waals surface area contributed by atoms with E-state index in [1.807, 2.05) is 43.3 Å². The van der Waals surface area contributed by atoms with Crippen molar-refractivity contribution >= 4 is 10.0 Å². The Kier molecular flexibility index (Phi) is 8.42. The maximum Gasteiger partial charge on any atom is 0.215 e. The summed E-state index contributed by atoms with van der Waals surface area (Å²) >= 11 is 0. The molecule has 0 aliphatic heterocycles. The fourth-order valence-corrected chi connectivity index (χ4v) is 3.17. The van der Waals surface area contributed by atoms with E-state index in [0.29, 0.717) is 18.1 Å². The number of hydrogen-bond acceptors (Lipinski definition) is 5. The molecule has 0 unspecified atom stereocenters. The highest BCUT2D eigenvalue weighted by Crippen LogP contribution is 2.17. The average Bonchev–Trinajstić information content (AvgIpc) is 2.67. The Morgan fingerprint density at radius 3 is 1.85 bits per heavy atom. The van der Waals surface area contributed by atoms with Gasteiger partial charge in [0.15, 0.2) is 0 Å². The number of benzene rings is 2. The monoisotopic (exact) mass is 393 g/mol. The number of nitrogens with one attached hydrogen (secondary N) is 1. The Balaban J connectivity index is 1.65. The second-order valence-electron chi connectivity index (χ2n) is 5.81. The number of rotatable bonds is 12. The zero-order valence-electron chi connectivity index (χ0n) is 15.8. The molecule has 0 bridgehead atoms. The molecule has 0 aromatic heterocycles. The number of hydrogen-bond donors (Lipinski definition) is 1. The van der Waals surface area contributed by atoms with Gasteiger partial charge >= 0.3 is 0 Å². The highest BCUT2D eigenvalue weighted by molar-refractivity contribution is 7.89. The topological polar surface area (TPSA) is 73.9 Å². The lowest BCUT2D eigenvalue weighted by atomic mass is 10.2. The maximum absolute atomic E-state index is 12.0. The zero-order chi connectivity index (χ0) is 19.5. The first-order valence-electron chi connectivity index (χ1n) is 9.07. The Morgan fingerprint density at radius 2 is 1.30 bits per heavy atom. The lowest BCUT2D eigenvalue weighted by molar-refractivity contribution is 0.318. The molecule has 0 amide bonds. The van der Waals surface area contributed by atoms with Crippen LogP contribution in [0.2, 0.25) is 0 Å². The summed E-state index contributed by atoms with van der Waals surface area (Å²) in [5.74, 6) is 2.00. The molecule has 0 aliphatic rings. The molecular formula is C20H27NO5S. The van der Waals surface area contributed by atoms with Crippen LogP contribution in [0.5, 0.6) is 17.2 Å². The van der Waals surface area contributed by atoms with E-state index >= 15 is 0 Å². The first kappa shape index (κ1) is 21.1. The van der Waals surface area contributed by atoms with Gasteiger partial charge in [-0.05, 0) is 55.3 Å². The summed E-state index contributed by atoms with van der Waals surface area (Å²) in [6, 6.07) is 14.9. The van der Waals surface area contributed by atoms with Gasteiger partial charge in [-0.15, -0.1) is 0 Å². The van der Waals surface area contributed by atoms with Crippen molar-refractivity contribution in [2.24, 2.45) is 0 Å². The van der Waals surface area contributed by atoms with Gasteiger partial charge in [0.25, 0.3) is 0 Å². The van der Waals surface area contributed by atoms with Crippen LogP contribution in [0.1, 0.15) is 19.4 Å². The summed E-state index contributed by atoms with van der Waals surface area (Å²) < 4.78 is 42.8. The molecule has 0 saturated carbocycles. The Hall–Kier alpha value is -2.25. The lowest BCUT2D eigenvalue weighted by Gasteiger charge is -2.10. The van der Waals surface area contributed by atoms with Gasteiger partial charge in [-0.25, -0.2) is 13.1 Å². The highest BCUT2D eigenvalue weighted by Gasteiger charge is 2.10. The molecular weight excluding hydrogens is 366 g/mol. The van der Waals surface area contributed by atoms with Crippen LogP contribution in [0.25, 0.3) is 0 Å². The van der Waals surface area contributed by atoms with E-state index < -0.39 is 10.0 Å². The molecule has 7 heteroatoms. The van der Waals surface area contributed by atoms with E-state index in [2.05, 4.69) is 11.6 Å². The van der Waals surface area contributed by atoms with Crippen molar-refractivity contribution in [2.45, 2.75) is 20.3 Å². The van der Waals surface area contributed by atoms with Crippen LogP contribution >= 0.6 is 0 Å². The summed E-state index contributed by atoms with van der Waals surface area (Å²) in [6.45, 7) is 5.14. The van der Waals surface area contributed by atoms with Gasteiger partial charge in [0.2, 0.25) is 10.0 Å². The van der Waals surface area contributed by atoms with Crippen LogP contribution in [-0.4, -0.2) is 40.5 Å². The molecule has 2 aromatic carbocycles. The molecule has 0 spiro atoms. The van der Waals surface area contributed by atoms with Gasteiger partial charge in [-0.3, -0.25) is 0 Å². The number of aryl methyl sites for hydroxylation is 1. The largest absolute Gasteiger partial charge is 0.494 e. The second kappa shape index (κ2) is 10.8. The lowest BCUT2D eigenvalue weighted by Crippen LogP contribution is -2.32. The van der Waals surface area contributed by atoms with Crippen LogP contribution in [-0.2, 0) is 16.4 Å². The third kappa shape index (κ3) is 7.88. The fraction of sp³-hybridized carbons (Fsp3) is 0.400. The van der Waals surface area contributed by atoms with Crippen LogP contribution in [0.15, 0.2) is 48.5 Å². The predicted octanol–water partition coefficient (Wildman–Crippen LogP) is 3.02. The minimum absolute atomic E-state index is 0.0978. The molecule has 27 heavy (non-hydrogen) atoms. The summed E-state index contributed by atoms with van der Waals surface area (Å²) in [7, 11) is -3.41. The van der Waals surface area contributed by atoms with E-state index in [-0.39, 0.29) is 25.5 Å². The molecule has 0 saturated heterocycles. The van der Waals surface area contributed by atoms with Crippen molar-refractivity contribution in [3.8, 4) is 17.2 Å². The molecule has 2 rings (SSSR count). The Morgan fingerprint density at radius 1 is 0.778 bits per heavy atom. The minimum Gasteiger partial charge on any atom is -0.494 e. The third-order valence-electron chi connectivity index (χ3n) is 3.78. The minimum atomic E-state index is -3.41. The summed E-state index contributed by atoms with van der Waals surface area (Å²) in [5.41, 5.74) is 1.21. The van der Waals surface area contributed by atoms with Crippen LogP contribution in [0.3, 0.4) is 0 Å². The van der Waals surface area contributed by atoms with Gasteiger partial charge in [0, 0.05) is 6.54 Å². The van der Waals surface area contributed by atoms with E-state index in [1.165, 1.54) is 5.56 Å². The van der Waals surface area contributed by atoms with Crippen LogP contribution in [0, 0.1) is 0 Å². The van der Waals surface area contributed by atoms with Crippen molar-refractivity contribution < 1.29 is 22.6 Å². The molecule has 0 aliphatic carbocycles.